The van der Waals surface area contributed by atoms with Crippen molar-refractivity contribution in [3.63, 3.8) is 0 Å². The van der Waals surface area contributed by atoms with Crippen molar-refractivity contribution >= 4 is 16.6 Å². The summed E-state index contributed by atoms with van der Waals surface area (Å²) < 4.78 is 29.9. The Morgan fingerprint density at radius 3 is 2.79 bits per heavy atom. The topological polar surface area (TPSA) is 57.2 Å². The SMILES string of the molecule is Nc1cc2ccccc2c(=O)n1CCOCC(F)F. The minimum Gasteiger partial charge on any atom is -0.385 e. The van der Waals surface area contributed by atoms with Crippen LogP contribution in [0.4, 0.5) is 14.6 Å². The van der Waals surface area contributed by atoms with Gasteiger partial charge in [0.05, 0.1) is 13.2 Å². The molecule has 0 unspecified atom stereocenters. The number of fused-ring (bicyclic) bond motifs is 1. The van der Waals surface area contributed by atoms with Gasteiger partial charge in [-0.2, -0.15) is 0 Å². The minimum absolute atomic E-state index is 0.0206. The number of hydrogen-bond acceptors (Lipinski definition) is 3. The van der Waals surface area contributed by atoms with Crippen LogP contribution < -0.4 is 11.3 Å². The second-order valence-electron chi connectivity index (χ2n) is 4.08. The Bertz CT molecular complexity index is 626. The molecule has 0 aliphatic heterocycles. The summed E-state index contributed by atoms with van der Waals surface area (Å²) in [6.45, 7) is -0.461. The van der Waals surface area contributed by atoms with Crippen LogP contribution in [0, 0.1) is 0 Å². The smallest absolute Gasteiger partial charge is 0.261 e. The van der Waals surface area contributed by atoms with Crippen LogP contribution >= 0.6 is 0 Å². The highest BCUT2D eigenvalue weighted by Gasteiger charge is 2.07. The van der Waals surface area contributed by atoms with Crippen molar-refractivity contribution in [3.8, 4) is 0 Å². The third-order valence-electron chi connectivity index (χ3n) is 2.75. The predicted molar refractivity (Wildman–Crippen MR) is 69.4 cm³/mol. The van der Waals surface area contributed by atoms with Gasteiger partial charge in [-0.15, -0.1) is 0 Å². The van der Waals surface area contributed by atoms with Crippen molar-refractivity contribution in [2.24, 2.45) is 0 Å². The Labute approximate surface area is 108 Å². The Hall–Kier alpha value is -1.95. The first-order valence-corrected chi connectivity index (χ1v) is 5.83. The monoisotopic (exact) mass is 268 g/mol. The number of halogens is 2. The quantitative estimate of drug-likeness (QED) is 0.842. The first kappa shape index (κ1) is 13.5. The van der Waals surface area contributed by atoms with Gasteiger partial charge >= 0.3 is 0 Å². The molecule has 0 aliphatic rings. The van der Waals surface area contributed by atoms with Gasteiger partial charge in [0.1, 0.15) is 12.4 Å². The van der Waals surface area contributed by atoms with Gasteiger partial charge in [0.25, 0.3) is 12.0 Å². The van der Waals surface area contributed by atoms with Crippen LogP contribution in [-0.2, 0) is 11.3 Å². The molecule has 4 nitrogen and oxygen atoms in total. The molecule has 2 N–H and O–H groups in total. The fourth-order valence-electron chi connectivity index (χ4n) is 1.88. The van der Waals surface area contributed by atoms with E-state index in [0.717, 1.165) is 5.39 Å². The van der Waals surface area contributed by atoms with Crippen molar-refractivity contribution < 1.29 is 13.5 Å². The van der Waals surface area contributed by atoms with E-state index in [1.807, 2.05) is 6.07 Å². The van der Waals surface area contributed by atoms with Gasteiger partial charge in [-0.25, -0.2) is 8.78 Å². The van der Waals surface area contributed by atoms with Crippen LogP contribution in [0.2, 0.25) is 0 Å². The fourth-order valence-corrected chi connectivity index (χ4v) is 1.88. The van der Waals surface area contributed by atoms with E-state index in [9.17, 15) is 13.6 Å². The summed E-state index contributed by atoms with van der Waals surface area (Å²) in [4.78, 5) is 12.2. The molecule has 0 fully saturated rings. The van der Waals surface area contributed by atoms with E-state index in [0.29, 0.717) is 11.2 Å². The van der Waals surface area contributed by atoms with Crippen molar-refractivity contribution in [1.82, 2.24) is 4.57 Å². The number of anilines is 1. The van der Waals surface area contributed by atoms with Crippen LogP contribution in [-0.4, -0.2) is 24.2 Å². The van der Waals surface area contributed by atoms with E-state index in [2.05, 4.69) is 0 Å². The molecule has 0 bridgehead atoms. The summed E-state index contributed by atoms with van der Waals surface area (Å²) in [6.07, 6.45) is -2.51. The van der Waals surface area contributed by atoms with E-state index in [1.165, 1.54) is 4.57 Å². The van der Waals surface area contributed by atoms with Crippen molar-refractivity contribution in [1.29, 1.82) is 0 Å². The van der Waals surface area contributed by atoms with Gasteiger partial charge in [0.15, 0.2) is 0 Å². The van der Waals surface area contributed by atoms with E-state index >= 15 is 0 Å². The molecule has 2 rings (SSSR count). The zero-order valence-corrected chi connectivity index (χ0v) is 10.2. The summed E-state index contributed by atoms with van der Waals surface area (Å²) in [5.41, 5.74) is 5.55. The number of nitrogens with two attached hydrogens (primary N) is 1. The van der Waals surface area contributed by atoms with Crippen LogP contribution in [0.25, 0.3) is 10.8 Å². The van der Waals surface area contributed by atoms with Gasteiger partial charge in [-0.3, -0.25) is 9.36 Å². The summed E-state index contributed by atoms with van der Waals surface area (Å²) in [5.74, 6) is 0.296. The minimum atomic E-state index is -2.51. The first-order valence-electron chi connectivity index (χ1n) is 5.83. The van der Waals surface area contributed by atoms with Gasteiger partial charge in [-0.05, 0) is 17.5 Å². The third-order valence-corrected chi connectivity index (χ3v) is 2.75. The van der Waals surface area contributed by atoms with Crippen LogP contribution in [0.15, 0.2) is 35.1 Å². The second-order valence-corrected chi connectivity index (χ2v) is 4.08. The summed E-state index contributed by atoms with van der Waals surface area (Å²) in [5, 5.41) is 1.31. The number of nitrogen functional groups attached to an aromatic ring is 1. The fraction of sp³-hybridized carbons (Fsp3) is 0.308. The lowest BCUT2D eigenvalue weighted by Crippen LogP contribution is -2.25. The van der Waals surface area contributed by atoms with Crippen molar-refractivity contribution in [3.05, 3.63) is 40.7 Å². The number of nitrogens with zero attached hydrogens (tertiary/aromatic N) is 1. The Morgan fingerprint density at radius 2 is 2.05 bits per heavy atom. The lowest BCUT2D eigenvalue weighted by atomic mass is 10.1. The molecular formula is C13H14F2N2O2. The molecule has 19 heavy (non-hydrogen) atoms. The molecule has 0 aliphatic carbocycles. The van der Waals surface area contributed by atoms with Gasteiger partial charge < -0.3 is 10.5 Å². The molecule has 6 heteroatoms. The van der Waals surface area contributed by atoms with Crippen LogP contribution in [0.3, 0.4) is 0 Å². The number of alkyl halides is 2. The summed E-state index contributed by atoms with van der Waals surface area (Å²) in [6, 6.07) is 8.76. The van der Waals surface area contributed by atoms with E-state index in [4.69, 9.17) is 10.5 Å². The van der Waals surface area contributed by atoms with E-state index in [-0.39, 0.29) is 18.7 Å². The zero-order chi connectivity index (χ0) is 13.8. The van der Waals surface area contributed by atoms with Gasteiger partial charge in [-0.1, -0.05) is 18.2 Å². The highest BCUT2D eigenvalue weighted by molar-refractivity contribution is 5.83. The van der Waals surface area contributed by atoms with Crippen LogP contribution in [0.5, 0.6) is 0 Å². The molecule has 0 spiro atoms. The Kier molecular flexibility index (Phi) is 4.11. The largest absolute Gasteiger partial charge is 0.385 e. The number of ether oxygens (including phenoxy) is 1. The molecule has 0 atom stereocenters. The third kappa shape index (κ3) is 3.08. The molecule has 0 radical (unpaired) electrons. The molecule has 1 aromatic heterocycles. The Balaban J connectivity index is 2.21. The Morgan fingerprint density at radius 1 is 1.32 bits per heavy atom. The average Bonchev–Trinajstić information content (AvgIpc) is 2.37. The lowest BCUT2D eigenvalue weighted by Gasteiger charge is -2.11. The molecule has 2 aromatic rings. The maximum absolute atomic E-state index is 12.2. The number of rotatable bonds is 5. The second kappa shape index (κ2) is 5.79. The normalized spacial score (nSPS) is 11.3. The number of benzene rings is 1. The maximum Gasteiger partial charge on any atom is 0.261 e. The molecule has 0 saturated heterocycles. The summed E-state index contributed by atoms with van der Waals surface area (Å²) >= 11 is 0. The molecule has 1 heterocycles. The standard InChI is InChI=1S/C13H14F2N2O2/c14-11(15)8-19-6-5-17-12(16)7-9-3-1-2-4-10(9)13(17)18/h1-4,7,11H,5-6,8,16H2. The zero-order valence-electron chi connectivity index (χ0n) is 10.2. The average molecular weight is 268 g/mol. The molecule has 0 saturated carbocycles. The molecule has 0 amide bonds. The van der Waals surface area contributed by atoms with Crippen molar-refractivity contribution in [2.75, 3.05) is 18.9 Å². The first-order chi connectivity index (χ1) is 9.09. The van der Waals surface area contributed by atoms with Crippen molar-refractivity contribution in [2.45, 2.75) is 13.0 Å². The van der Waals surface area contributed by atoms with E-state index < -0.39 is 13.0 Å². The van der Waals surface area contributed by atoms with Gasteiger partial charge in [0.2, 0.25) is 0 Å². The summed E-state index contributed by atoms with van der Waals surface area (Å²) in [7, 11) is 0. The lowest BCUT2D eigenvalue weighted by molar-refractivity contribution is 0.0147. The number of aromatic nitrogens is 1. The highest BCUT2D eigenvalue weighted by atomic mass is 19.3. The number of hydrogen-bond donors (Lipinski definition) is 1. The van der Waals surface area contributed by atoms with Crippen LogP contribution in [0.1, 0.15) is 0 Å². The predicted octanol–water partition coefficient (Wildman–Crippen LogP) is 1.87. The molecule has 1 aromatic carbocycles. The highest BCUT2D eigenvalue weighted by Crippen LogP contribution is 2.13. The molecule has 102 valence electrons. The van der Waals surface area contributed by atoms with E-state index in [1.54, 1.807) is 24.3 Å². The molecular weight excluding hydrogens is 254 g/mol. The maximum atomic E-state index is 12.2. The number of pyridine rings is 1. The van der Waals surface area contributed by atoms with Gasteiger partial charge in [0, 0.05) is 5.39 Å².